The summed E-state index contributed by atoms with van der Waals surface area (Å²) < 4.78 is 0. The molecule has 1 aliphatic rings. The highest BCUT2D eigenvalue weighted by Crippen LogP contribution is 2.27. The molecule has 0 amide bonds. The maximum Gasteiger partial charge on any atom is 0.00672 e. The molecule has 2 aromatic carbocycles. The van der Waals surface area contributed by atoms with Crippen LogP contribution in [-0.4, -0.2) is 32.2 Å². The second kappa shape index (κ2) is 16.8. The number of benzene rings is 2. The molecule has 3 heteroatoms. The van der Waals surface area contributed by atoms with Gasteiger partial charge in [-0.05, 0) is 142 Å². The van der Waals surface area contributed by atoms with E-state index in [1.807, 2.05) is 0 Å². The third kappa shape index (κ3) is 12.6. The maximum absolute atomic E-state index is 5.86. The van der Waals surface area contributed by atoms with Crippen LogP contribution in [0.1, 0.15) is 122 Å². The number of rotatable bonds is 16. The Morgan fingerprint density at radius 1 is 0.659 bits per heavy atom. The lowest BCUT2D eigenvalue weighted by Gasteiger charge is -2.27. The molecule has 1 fully saturated rings. The molecule has 0 unspecified atom stereocenters. The maximum atomic E-state index is 5.86. The Morgan fingerprint density at radius 3 is 1.56 bits per heavy atom. The molecular formula is C38H63N3. The van der Waals surface area contributed by atoms with Crippen LogP contribution >= 0.6 is 0 Å². The van der Waals surface area contributed by atoms with Gasteiger partial charge in [0.25, 0.3) is 0 Å². The Morgan fingerprint density at radius 2 is 1.12 bits per heavy atom. The van der Waals surface area contributed by atoms with Crippen LogP contribution in [0.4, 0.5) is 0 Å². The third-order valence-electron chi connectivity index (χ3n) is 9.37. The Hall–Kier alpha value is -1.68. The summed E-state index contributed by atoms with van der Waals surface area (Å²) >= 11 is 0. The molecule has 0 saturated heterocycles. The Balaban J connectivity index is 1.41. The van der Waals surface area contributed by atoms with Crippen molar-refractivity contribution in [3.05, 3.63) is 70.8 Å². The summed E-state index contributed by atoms with van der Waals surface area (Å²) in [6.45, 7) is 18.0. The fourth-order valence-electron chi connectivity index (χ4n) is 6.29. The summed E-state index contributed by atoms with van der Waals surface area (Å²) in [5, 5.41) is 7.70. The molecule has 0 atom stereocenters. The van der Waals surface area contributed by atoms with E-state index in [0.717, 1.165) is 31.5 Å². The van der Waals surface area contributed by atoms with Gasteiger partial charge in [-0.15, -0.1) is 0 Å². The Labute approximate surface area is 253 Å². The Kier molecular flexibility index (Phi) is 13.9. The first kappa shape index (κ1) is 33.8. The molecule has 230 valence electrons. The molecule has 2 aromatic rings. The van der Waals surface area contributed by atoms with Crippen LogP contribution in [0.3, 0.4) is 0 Å². The van der Waals surface area contributed by atoms with Crippen molar-refractivity contribution in [3.8, 4) is 0 Å². The summed E-state index contributed by atoms with van der Waals surface area (Å²) in [7, 11) is 0. The van der Waals surface area contributed by atoms with Crippen LogP contribution in [0, 0.1) is 11.8 Å². The van der Waals surface area contributed by atoms with Gasteiger partial charge in [-0.25, -0.2) is 0 Å². The monoisotopic (exact) mass is 562 g/mol. The first-order valence-electron chi connectivity index (χ1n) is 16.9. The lowest BCUT2D eigenvalue weighted by atomic mass is 9.82. The normalized spacial score (nSPS) is 18.2. The third-order valence-corrected chi connectivity index (χ3v) is 9.37. The summed E-state index contributed by atoms with van der Waals surface area (Å²) in [6.07, 6.45) is 13.9. The van der Waals surface area contributed by atoms with E-state index in [9.17, 15) is 0 Å². The van der Waals surface area contributed by atoms with Gasteiger partial charge in [0.05, 0.1) is 0 Å². The largest absolute Gasteiger partial charge is 0.330 e. The molecule has 0 aliphatic heterocycles. The lowest BCUT2D eigenvalue weighted by Crippen LogP contribution is -2.33. The molecule has 1 saturated carbocycles. The van der Waals surface area contributed by atoms with Crippen molar-refractivity contribution in [2.75, 3.05) is 26.2 Å². The highest BCUT2D eigenvalue weighted by molar-refractivity contribution is 5.28. The van der Waals surface area contributed by atoms with Crippen LogP contribution < -0.4 is 16.4 Å². The van der Waals surface area contributed by atoms with E-state index < -0.39 is 0 Å². The summed E-state index contributed by atoms with van der Waals surface area (Å²) in [6, 6.07) is 19.3. The van der Waals surface area contributed by atoms with Gasteiger partial charge in [-0.3, -0.25) is 0 Å². The zero-order chi connectivity index (χ0) is 29.7. The van der Waals surface area contributed by atoms with Gasteiger partial charge in [-0.1, -0.05) is 90.1 Å². The minimum Gasteiger partial charge on any atom is -0.330 e. The molecule has 3 rings (SSSR count). The summed E-state index contributed by atoms with van der Waals surface area (Å²) in [4.78, 5) is 0. The van der Waals surface area contributed by atoms with E-state index in [2.05, 4.69) is 101 Å². The fourth-order valence-corrected chi connectivity index (χ4v) is 6.29. The fraction of sp³-hybridized carbons (Fsp3) is 0.684. The predicted octanol–water partition coefficient (Wildman–Crippen LogP) is 8.33. The number of aryl methyl sites for hydroxylation is 2. The number of hydrogen-bond acceptors (Lipinski definition) is 3. The average molecular weight is 562 g/mol. The van der Waals surface area contributed by atoms with Gasteiger partial charge in [0.1, 0.15) is 0 Å². The molecular weight excluding hydrogens is 498 g/mol. The zero-order valence-electron chi connectivity index (χ0n) is 27.5. The molecule has 0 spiro atoms. The van der Waals surface area contributed by atoms with E-state index in [4.69, 9.17) is 5.73 Å². The van der Waals surface area contributed by atoms with Crippen molar-refractivity contribution in [2.45, 2.75) is 129 Å². The lowest BCUT2D eigenvalue weighted by molar-refractivity contribution is 0.272. The number of hydrogen-bond donors (Lipinski definition) is 3. The quantitative estimate of drug-likeness (QED) is 0.181. The van der Waals surface area contributed by atoms with Crippen molar-refractivity contribution in [1.29, 1.82) is 0 Å². The van der Waals surface area contributed by atoms with Crippen LogP contribution in [0.15, 0.2) is 48.5 Å². The van der Waals surface area contributed by atoms with Gasteiger partial charge < -0.3 is 16.4 Å². The van der Waals surface area contributed by atoms with E-state index in [0.29, 0.717) is 6.04 Å². The summed E-state index contributed by atoms with van der Waals surface area (Å²) in [5.74, 6) is 1.63. The standard InChI is InChI=1S/C38H63N3/c1-37(2,3)34-22-18-30(19-23-34)10-7-12-36(13-8-11-31-20-24-35(25-21-31)38(4,5)6)41-27-9-26-40-29-33-16-14-32(28-39)15-17-33/h18-25,32-33,36,40-41H,7-17,26-29,39H2,1-6H3. The molecule has 41 heavy (non-hydrogen) atoms. The molecule has 3 nitrogen and oxygen atoms in total. The highest BCUT2D eigenvalue weighted by atomic mass is 14.9. The SMILES string of the molecule is CC(C)(C)c1ccc(CCCC(CCCc2ccc(C(C)(C)C)cc2)NCCCNCC2CCC(CN)CC2)cc1. The van der Waals surface area contributed by atoms with E-state index >= 15 is 0 Å². The minimum atomic E-state index is 0.222. The molecule has 0 heterocycles. The first-order chi connectivity index (χ1) is 19.5. The highest BCUT2D eigenvalue weighted by Gasteiger charge is 2.19. The van der Waals surface area contributed by atoms with Crippen molar-refractivity contribution in [2.24, 2.45) is 17.6 Å². The molecule has 0 aromatic heterocycles. The van der Waals surface area contributed by atoms with Gasteiger partial charge in [0, 0.05) is 6.04 Å². The smallest absolute Gasteiger partial charge is 0.00672 e. The second-order valence-electron chi connectivity index (χ2n) is 15.0. The minimum absolute atomic E-state index is 0.222. The predicted molar refractivity (Wildman–Crippen MR) is 180 cm³/mol. The van der Waals surface area contributed by atoms with E-state index in [1.165, 1.54) is 99.4 Å². The van der Waals surface area contributed by atoms with Gasteiger partial charge in [0.15, 0.2) is 0 Å². The molecule has 4 N–H and O–H groups in total. The first-order valence-corrected chi connectivity index (χ1v) is 16.9. The van der Waals surface area contributed by atoms with E-state index in [-0.39, 0.29) is 10.8 Å². The van der Waals surface area contributed by atoms with Crippen LogP contribution in [0.5, 0.6) is 0 Å². The van der Waals surface area contributed by atoms with Crippen molar-refractivity contribution in [3.63, 3.8) is 0 Å². The Bertz CT molecular complexity index is 893. The molecule has 1 aliphatic carbocycles. The van der Waals surface area contributed by atoms with Crippen LogP contribution in [0.25, 0.3) is 0 Å². The topological polar surface area (TPSA) is 50.1 Å². The van der Waals surface area contributed by atoms with Crippen LogP contribution in [-0.2, 0) is 23.7 Å². The number of nitrogens with one attached hydrogen (secondary N) is 2. The van der Waals surface area contributed by atoms with E-state index in [1.54, 1.807) is 0 Å². The summed E-state index contributed by atoms with van der Waals surface area (Å²) in [5.41, 5.74) is 12.1. The number of nitrogens with two attached hydrogens (primary N) is 1. The van der Waals surface area contributed by atoms with Crippen molar-refractivity contribution < 1.29 is 0 Å². The van der Waals surface area contributed by atoms with Crippen LogP contribution in [0.2, 0.25) is 0 Å². The zero-order valence-corrected chi connectivity index (χ0v) is 27.5. The molecule has 0 radical (unpaired) electrons. The van der Waals surface area contributed by atoms with Crippen molar-refractivity contribution >= 4 is 0 Å². The molecule has 0 bridgehead atoms. The second-order valence-corrected chi connectivity index (χ2v) is 15.0. The van der Waals surface area contributed by atoms with Gasteiger partial charge in [0.2, 0.25) is 0 Å². The van der Waals surface area contributed by atoms with Gasteiger partial charge in [-0.2, -0.15) is 0 Å². The average Bonchev–Trinajstić information content (AvgIpc) is 2.94. The van der Waals surface area contributed by atoms with Crippen molar-refractivity contribution in [1.82, 2.24) is 10.6 Å². The van der Waals surface area contributed by atoms with Gasteiger partial charge >= 0.3 is 0 Å².